The standard InChI is InChI=1S/C14H23NO2/c16-14-12-10-8-6-4-2-1-3-5-7-9-11-13(12)15-17-14/h12H,1-11H2. The SMILES string of the molecule is O=C1ON=C2CCCCCCCCCCCC12. The van der Waals surface area contributed by atoms with Gasteiger partial charge in [-0.2, -0.15) is 0 Å². The van der Waals surface area contributed by atoms with E-state index in [2.05, 4.69) is 5.16 Å². The highest BCUT2D eigenvalue weighted by atomic mass is 16.7. The highest BCUT2D eigenvalue weighted by molar-refractivity contribution is 6.04. The van der Waals surface area contributed by atoms with Gasteiger partial charge in [-0.15, -0.1) is 0 Å². The first-order chi connectivity index (χ1) is 8.38. The van der Waals surface area contributed by atoms with Crippen molar-refractivity contribution in [1.29, 1.82) is 0 Å². The van der Waals surface area contributed by atoms with Gasteiger partial charge >= 0.3 is 5.97 Å². The van der Waals surface area contributed by atoms with Crippen molar-refractivity contribution in [3.63, 3.8) is 0 Å². The minimum Gasteiger partial charge on any atom is -0.318 e. The van der Waals surface area contributed by atoms with Crippen molar-refractivity contribution in [2.75, 3.05) is 0 Å². The lowest BCUT2D eigenvalue weighted by molar-refractivity contribution is -0.143. The Hall–Kier alpha value is -0.860. The first-order valence-corrected chi connectivity index (χ1v) is 7.15. The van der Waals surface area contributed by atoms with Crippen molar-refractivity contribution in [2.24, 2.45) is 11.1 Å². The number of fused-ring (bicyclic) bond motifs is 1. The largest absolute Gasteiger partial charge is 0.343 e. The molecule has 1 heterocycles. The summed E-state index contributed by atoms with van der Waals surface area (Å²) in [5.74, 6) is -0.134. The molecular formula is C14H23NO2. The molecular weight excluding hydrogens is 214 g/mol. The molecule has 0 spiro atoms. The molecule has 3 nitrogen and oxygen atoms in total. The molecule has 0 bridgehead atoms. The predicted octanol–water partition coefficient (Wildman–Crippen LogP) is 3.82. The second-order valence-corrected chi connectivity index (χ2v) is 5.27. The van der Waals surface area contributed by atoms with Crippen LogP contribution in [0.1, 0.15) is 70.6 Å². The summed E-state index contributed by atoms with van der Waals surface area (Å²) in [5.41, 5.74) is 1.01. The third-order valence-electron chi connectivity index (χ3n) is 3.87. The number of oxime groups is 1. The quantitative estimate of drug-likeness (QED) is 0.601. The van der Waals surface area contributed by atoms with E-state index < -0.39 is 0 Å². The molecule has 0 aromatic heterocycles. The lowest BCUT2D eigenvalue weighted by Gasteiger charge is -2.08. The Balaban J connectivity index is 1.87. The summed E-state index contributed by atoms with van der Waals surface area (Å²) in [6.45, 7) is 0. The van der Waals surface area contributed by atoms with Crippen molar-refractivity contribution >= 4 is 11.7 Å². The van der Waals surface area contributed by atoms with Crippen LogP contribution in [0.3, 0.4) is 0 Å². The van der Waals surface area contributed by atoms with Gasteiger partial charge in [0.15, 0.2) is 0 Å². The molecule has 17 heavy (non-hydrogen) atoms. The number of carbonyl (C=O) groups is 1. The van der Waals surface area contributed by atoms with Gasteiger partial charge < -0.3 is 4.84 Å². The van der Waals surface area contributed by atoms with E-state index in [-0.39, 0.29) is 11.9 Å². The van der Waals surface area contributed by atoms with Gasteiger partial charge in [-0.1, -0.05) is 56.5 Å². The summed E-state index contributed by atoms with van der Waals surface area (Å²) in [7, 11) is 0. The van der Waals surface area contributed by atoms with Gasteiger partial charge in [-0.3, -0.25) is 0 Å². The van der Waals surface area contributed by atoms with E-state index >= 15 is 0 Å². The lowest BCUT2D eigenvalue weighted by atomic mass is 9.93. The predicted molar refractivity (Wildman–Crippen MR) is 67.8 cm³/mol. The Kier molecular flexibility index (Phi) is 5.02. The van der Waals surface area contributed by atoms with Gasteiger partial charge in [-0.05, 0) is 19.3 Å². The molecule has 0 aromatic rings. The molecule has 2 aliphatic rings. The molecule has 0 N–H and O–H groups in total. The molecule has 0 radical (unpaired) electrons. The molecule has 1 atom stereocenters. The van der Waals surface area contributed by atoms with Gasteiger partial charge in [0, 0.05) is 0 Å². The number of rotatable bonds is 0. The lowest BCUT2D eigenvalue weighted by Crippen LogP contribution is -2.18. The maximum atomic E-state index is 11.6. The zero-order valence-electron chi connectivity index (χ0n) is 10.6. The number of nitrogens with zero attached hydrogens (tertiary/aromatic N) is 1. The maximum Gasteiger partial charge on any atom is 0.343 e. The molecule has 1 unspecified atom stereocenters. The van der Waals surface area contributed by atoms with E-state index in [1.165, 1.54) is 44.9 Å². The van der Waals surface area contributed by atoms with E-state index in [9.17, 15) is 4.79 Å². The molecule has 0 saturated heterocycles. The molecule has 1 fully saturated rings. The van der Waals surface area contributed by atoms with Crippen molar-refractivity contribution in [2.45, 2.75) is 70.6 Å². The Morgan fingerprint density at radius 3 is 2.18 bits per heavy atom. The van der Waals surface area contributed by atoms with Crippen LogP contribution in [-0.4, -0.2) is 11.7 Å². The van der Waals surface area contributed by atoms with E-state index in [0.29, 0.717) is 0 Å². The number of hydrogen-bond acceptors (Lipinski definition) is 3. The van der Waals surface area contributed by atoms with Crippen LogP contribution in [0.5, 0.6) is 0 Å². The fraction of sp³-hybridized carbons (Fsp3) is 0.857. The van der Waals surface area contributed by atoms with Crippen molar-refractivity contribution in [3.8, 4) is 0 Å². The third-order valence-corrected chi connectivity index (χ3v) is 3.87. The van der Waals surface area contributed by atoms with E-state index in [4.69, 9.17) is 4.84 Å². The van der Waals surface area contributed by atoms with Crippen LogP contribution in [0, 0.1) is 5.92 Å². The highest BCUT2D eigenvalue weighted by Gasteiger charge is 2.31. The van der Waals surface area contributed by atoms with Gasteiger partial charge in [0.05, 0.1) is 5.71 Å². The summed E-state index contributed by atoms with van der Waals surface area (Å²) in [6, 6.07) is 0. The summed E-state index contributed by atoms with van der Waals surface area (Å²) >= 11 is 0. The monoisotopic (exact) mass is 237 g/mol. The Morgan fingerprint density at radius 2 is 1.47 bits per heavy atom. The second-order valence-electron chi connectivity index (χ2n) is 5.27. The first kappa shape index (κ1) is 12.6. The molecule has 0 aromatic carbocycles. The molecule has 1 aliphatic heterocycles. The van der Waals surface area contributed by atoms with Crippen molar-refractivity contribution in [3.05, 3.63) is 0 Å². The molecule has 2 rings (SSSR count). The third kappa shape index (κ3) is 3.83. The minimum atomic E-state index is -0.116. The van der Waals surface area contributed by atoms with Crippen LogP contribution in [0.25, 0.3) is 0 Å². The normalized spacial score (nSPS) is 28.1. The Bertz CT molecular complexity index is 286. The first-order valence-electron chi connectivity index (χ1n) is 7.15. The van der Waals surface area contributed by atoms with Crippen LogP contribution in [0.15, 0.2) is 5.16 Å². The van der Waals surface area contributed by atoms with Gasteiger partial charge in [0.25, 0.3) is 0 Å². The Labute approximate surface area is 104 Å². The van der Waals surface area contributed by atoms with Crippen LogP contribution in [0.4, 0.5) is 0 Å². The zero-order chi connectivity index (χ0) is 11.9. The number of hydrogen-bond donors (Lipinski definition) is 0. The molecule has 0 amide bonds. The summed E-state index contributed by atoms with van der Waals surface area (Å²) < 4.78 is 0. The average Bonchev–Trinajstić information content (AvgIpc) is 2.68. The van der Waals surface area contributed by atoms with Crippen LogP contribution in [-0.2, 0) is 9.63 Å². The zero-order valence-corrected chi connectivity index (χ0v) is 10.6. The summed E-state index contributed by atoms with van der Waals surface area (Å²) in [4.78, 5) is 16.4. The van der Waals surface area contributed by atoms with Crippen LogP contribution >= 0.6 is 0 Å². The van der Waals surface area contributed by atoms with Gasteiger partial charge in [0.1, 0.15) is 5.92 Å². The van der Waals surface area contributed by atoms with Crippen LogP contribution < -0.4 is 0 Å². The van der Waals surface area contributed by atoms with E-state index in [1.807, 2.05) is 0 Å². The minimum absolute atomic E-state index is 0.0178. The Morgan fingerprint density at radius 1 is 0.882 bits per heavy atom. The number of carbonyl (C=O) groups excluding carboxylic acids is 1. The molecule has 1 aliphatic carbocycles. The van der Waals surface area contributed by atoms with Gasteiger partial charge in [-0.25, -0.2) is 4.79 Å². The van der Waals surface area contributed by atoms with Crippen LogP contribution in [0.2, 0.25) is 0 Å². The second kappa shape index (κ2) is 6.77. The van der Waals surface area contributed by atoms with Gasteiger partial charge in [0.2, 0.25) is 0 Å². The molecule has 1 saturated carbocycles. The van der Waals surface area contributed by atoms with Crippen molar-refractivity contribution < 1.29 is 9.63 Å². The maximum absolute atomic E-state index is 11.6. The topological polar surface area (TPSA) is 38.7 Å². The summed E-state index contributed by atoms with van der Waals surface area (Å²) in [6.07, 6.45) is 13.4. The fourth-order valence-electron chi connectivity index (χ4n) is 2.76. The fourth-order valence-corrected chi connectivity index (χ4v) is 2.76. The van der Waals surface area contributed by atoms with E-state index in [1.54, 1.807) is 0 Å². The smallest absolute Gasteiger partial charge is 0.318 e. The van der Waals surface area contributed by atoms with Crippen molar-refractivity contribution in [1.82, 2.24) is 0 Å². The highest BCUT2D eigenvalue weighted by Crippen LogP contribution is 2.24. The summed E-state index contributed by atoms with van der Waals surface area (Å²) in [5, 5.41) is 3.96. The van der Waals surface area contributed by atoms with E-state index in [0.717, 1.165) is 31.4 Å². The molecule has 96 valence electrons. The average molecular weight is 237 g/mol. The molecule has 3 heteroatoms.